The highest BCUT2D eigenvalue weighted by Gasteiger charge is 2.20. The van der Waals surface area contributed by atoms with E-state index in [2.05, 4.69) is 10.3 Å². The Hall–Kier alpha value is -3.19. The van der Waals surface area contributed by atoms with E-state index in [9.17, 15) is 9.59 Å². The molecule has 138 valence electrons. The summed E-state index contributed by atoms with van der Waals surface area (Å²) in [4.78, 5) is 29.3. The van der Waals surface area contributed by atoms with E-state index in [1.165, 1.54) is 24.6 Å². The molecule has 3 aromatic rings. The van der Waals surface area contributed by atoms with Crippen LogP contribution in [-0.4, -0.2) is 24.0 Å². The summed E-state index contributed by atoms with van der Waals surface area (Å²) >= 11 is 1.47. The van der Waals surface area contributed by atoms with E-state index in [1.807, 2.05) is 47.8 Å². The quantitative estimate of drug-likeness (QED) is 0.626. The molecule has 0 fully saturated rings. The van der Waals surface area contributed by atoms with E-state index in [0.29, 0.717) is 17.2 Å². The van der Waals surface area contributed by atoms with E-state index < -0.39 is 12.0 Å². The molecule has 2 aromatic heterocycles. The van der Waals surface area contributed by atoms with Crippen molar-refractivity contribution < 1.29 is 19.1 Å². The van der Waals surface area contributed by atoms with Gasteiger partial charge in [-0.3, -0.25) is 9.59 Å². The summed E-state index contributed by atoms with van der Waals surface area (Å²) in [7, 11) is 1.32. The minimum absolute atomic E-state index is 0.0609. The van der Waals surface area contributed by atoms with Gasteiger partial charge < -0.3 is 14.8 Å². The molecule has 1 atom stereocenters. The highest BCUT2D eigenvalue weighted by Crippen LogP contribution is 2.23. The van der Waals surface area contributed by atoms with E-state index >= 15 is 0 Å². The molecule has 27 heavy (non-hydrogen) atoms. The molecule has 0 saturated heterocycles. The highest BCUT2D eigenvalue weighted by molar-refractivity contribution is 7.10. The first-order chi connectivity index (χ1) is 13.2. The normalized spacial score (nSPS) is 11.4. The average molecular weight is 382 g/mol. The van der Waals surface area contributed by atoms with E-state index in [4.69, 9.17) is 9.47 Å². The lowest BCUT2D eigenvalue weighted by Crippen LogP contribution is -2.30. The molecule has 0 aliphatic rings. The number of hydrogen-bond acceptors (Lipinski definition) is 6. The summed E-state index contributed by atoms with van der Waals surface area (Å²) in [5.74, 6) is 0.342. The van der Waals surface area contributed by atoms with E-state index in [-0.39, 0.29) is 12.3 Å². The Morgan fingerprint density at radius 1 is 1.11 bits per heavy atom. The van der Waals surface area contributed by atoms with Crippen molar-refractivity contribution in [1.29, 1.82) is 0 Å². The second-order valence-electron chi connectivity index (χ2n) is 5.62. The van der Waals surface area contributed by atoms with Gasteiger partial charge in [0, 0.05) is 17.1 Å². The molecule has 1 unspecified atom stereocenters. The second-order valence-corrected chi connectivity index (χ2v) is 6.60. The zero-order valence-electron chi connectivity index (χ0n) is 14.6. The highest BCUT2D eigenvalue weighted by atomic mass is 32.1. The predicted molar refractivity (Wildman–Crippen MR) is 102 cm³/mol. The molecular weight excluding hydrogens is 364 g/mol. The van der Waals surface area contributed by atoms with Gasteiger partial charge in [-0.05, 0) is 29.6 Å². The zero-order valence-corrected chi connectivity index (χ0v) is 15.4. The summed E-state index contributed by atoms with van der Waals surface area (Å²) in [6.07, 6.45) is 1.50. The van der Waals surface area contributed by atoms with Crippen molar-refractivity contribution >= 4 is 23.2 Å². The fourth-order valence-electron chi connectivity index (χ4n) is 2.39. The molecule has 1 N–H and O–H groups in total. The molecule has 0 bridgehead atoms. The van der Waals surface area contributed by atoms with Gasteiger partial charge in [-0.25, -0.2) is 4.98 Å². The summed E-state index contributed by atoms with van der Waals surface area (Å²) < 4.78 is 10.3. The lowest BCUT2D eigenvalue weighted by atomic mass is 10.1. The number of carbonyl (C=O) groups excluding carboxylic acids is 2. The van der Waals surface area contributed by atoms with Gasteiger partial charge in [0.1, 0.15) is 5.75 Å². The molecule has 0 saturated carbocycles. The van der Waals surface area contributed by atoms with E-state index in [0.717, 1.165) is 4.88 Å². The number of nitrogens with zero attached hydrogens (tertiary/aromatic N) is 1. The molecule has 7 heteroatoms. The van der Waals surface area contributed by atoms with Crippen molar-refractivity contribution in [3.63, 3.8) is 0 Å². The largest absolute Gasteiger partial charge is 0.469 e. The summed E-state index contributed by atoms with van der Waals surface area (Å²) in [6, 6.07) is 15.8. The predicted octanol–water partition coefficient (Wildman–Crippen LogP) is 3.97. The number of esters is 1. The number of carbonyl (C=O) groups is 2. The molecular formula is C20H18N2O4S. The molecule has 0 aliphatic heterocycles. The second kappa shape index (κ2) is 8.95. The van der Waals surface area contributed by atoms with Crippen molar-refractivity contribution in [2.24, 2.45) is 0 Å². The minimum atomic E-state index is -0.454. The van der Waals surface area contributed by atoms with Crippen LogP contribution >= 0.6 is 11.3 Å². The smallest absolute Gasteiger partial charge is 0.307 e. The summed E-state index contributed by atoms with van der Waals surface area (Å²) in [6.45, 7) is 0. The maximum absolute atomic E-state index is 12.6. The molecule has 2 heterocycles. The van der Waals surface area contributed by atoms with Gasteiger partial charge in [-0.2, -0.15) is 0 Å². The van der Waals surface area contributed by atoms with Crippen LogP contribution in [0, 0.1) is 0 Å². The van der Waals surface area contributed by atoms with Crippen LogP contribution in [0.2, 0.25) is 0 Å². The van der Waals surface area contributed by atoms with Crippen LogP contribution in [0.25, 0.3) is 0 Å². The van der Waals surface area contributed by atoms with Gasteiger partial charge in [-0.1, -0.05) is 24.3 Å². The number of nitrogens with one attached hydrogen (secondary N) is 1. The van der Waals surface area contributed by atoms with Gasteiger partial charge in [0.25, 0.3) is 5.91 Å². The average Bonchev–Trinajstić information content (AvgIpc) is 3.23. The number of thiophene rings is 1. The lowest BCUT2D eigenvalue weighted by Gasteiger charge is -2.16. The van der Waals surface area contributed by atoms with Crippen molar-refractivity contribution in [2.75, 3.05) is 7.11 Å². The monoisotopic (exact) mass is 382 g/mol. The maximum atomic E-state index is 12.6. The Morgan fingerprint density at radius 3 is 2.56 bits per heavy atom. The summed E-state index contributed by atoms with van der Waals surface area (Å²) in [5, 5.41) is 4.75. The molecule has 0 aliphatic carbocycles. The Kier molecular flexibility index (Phi) is 6.17. The van der Waals surface area contributed by atoms with Crippen molar-refractivity contribution in [3.8, 4) is 11.6 Å². The van der Waals surface area contributed by atoms with Gasteiger partial charge in [-0.15, -0.1) is 11.3 Å². The third-order valence-electron chi connectivity index (χ3n) is 3.75. The standard InChI is InChI=1S/C20H18N2O4S/c1-25-19(23)12-16(17-8-5-11-27-17)22-20(24)14-9-10-18(21-13-14)26-15-6-3-2-4-7-15/h2-11,13,16H,12H2,1H3,(H,22,24). The van der Waals surface area contributed by atoms with Crippen LogP contribution in [0.4, 0.5) is 0 Å². The number of amides is 1. The number of hydrogen-bond donors (Lipinski definition) is 1. The molecule has 3 rings (SSSR count). The molecule has 6 nitrogen and oxygen atoms in total. The van der Waals surface area contributed by atoms with Crippen molar-refractivity contribution in [3.05, 3.63) is 76.6 Å². The topological polar surface area (TPSA) is 77.5 Å². The Balaban J connectivity index is 1.67. The number of pyridine rings is 1. The fourth-order valence-corrected chi connectivity index (χ4v) is 3.17. The number of rotatable bonds is 7. The van der Waals surface area contributed by atoms with Crippen LogP contribution in [-0.2, 0) is 9.53 Å². The van der Waals surface area contributed by atoms with Crippen LogP contribution < -0.4 is 10.1 Å². The third kappa shape index (κ3) is 5.15. The van der Waals surface area contributed by atoms with Crippen LogP contribution in [0.3, 0.4) is 0 Å². The lowest BCUT2D eigenvalue weighted by molar-refractivity contribution is -0.141. The Labute approximate surface area is 160 Å². The number of methoxy groups -OCH3 is 1. The van der Waals surface area contributed by atoms with Crippen molar-refractivity contribution in [2.45, 2.75) is 12.5 Å². The number of ether oxygens (including phenoxy) is 2. The first-order valence-corrected chi connectivity index (χ1v) is 9.13. The molecule has 1 aromatic carbocycles. The maximum Gasteiger partial charge on any atom is 0.307 e. The van der Waals surface area contributed by atoms with Crippen molar-refractivity contribution in [1.82, 2.24) is 10.3 Å². The van der Waals surface area contributed by atoms with Crippen LogP contribution in [0.5, 0.6) is 11.6 Å². The van der Waals surface area contributed by atoms with Gasteiger partial charge in [0.15, 0.2) is 0 Å². The zero-order chi connectivity index (χ0) is 19.1. The Morgan fingerprint density at radius 2 is 1.93 bits per heavy atom. The van der Waals surface area contributed by atoms with Gasteiger partial charge >= 0.3 is 5.97 Å². The fraction of sp³-hybridized carbons (Fsp3) is 0.150. The minimum Gasteiger partial charge on any atom is -0.469 e. The SMILES string of the molecule is COC(=O)CC(NC(=O)c1ccc(Oc2ccccc2)nc1)c1cccs1. The molecule has 0 spiro atoms. The first-order valence-electron chi connectivity index (χ1n) is 8.26. The Bertz CT molecular complexity index is 880. The first kappa shape index (κ1) is 18.6. The van der Waals surface area contributed by atoms with Crippen LogP contribution in [0.1, 0.15) is 27.7 Å². The van der Waals surface area contributed by atoms with Gasteiger partial charge in [0.2, 0.25) is 5.88 Å². The van der Waals surface area contributed by atoms with E-state index in [1.54, 1.807) is 12.1 Å². The third-order valence-corrected chi connectivity index (χ3v) is 4.74. The number of para-hydroxylation sites is 1. The summed E-state index contributed by atoms with van der Waals surface area (Å²) in [5.41, 5.74) is 0.377. The van der Waals surface area contributed by atoms with Gasteiger partial charge in [0.05, 0.1) is 25.1 Å². The molecule has 1 amide bonds. The number of aromatic nitrogens is 1. The number of benzene rings is 1. The molecule has 0 radical (unpaired) electrons. The van der Waals surface area contributed by atoms with Crippen LogP contribution in [0.15, 0.2) is 66.2 Å².